The number of carbonyl (C=O) groups is 2. The Morgan fingerprint density at radius 2 is 1.73 bits per heavy atom. The van der Waals surface area contributed by atoms with Crippen LogP contribution in [0.2, 0.25) is 0 Å². The van der Waals surface area contributed by atoms with Crippen molar-refractivity contribution in [3.63, 3.8) is 0 Å². The van der Waals surface area contributed by atoms with Gasteiger partial charge in [0.2, 0.25) is 11.8 Å². The molecule has 6 heteroatoms. The van der Waals surface area contributed by atoms with E-state index in [9.17, 15) is 9.59 Å². The highest BCUT2D eigenvalue weighted by atomic mass is 16.3. The van der Waals surface area contributed by atoms with Gasteiger partial charge in [-0.15, -0.1) is 0 Å². The Bertz CT molecular complexity index is 497. The third kappa shape index (κ3) is 7.08. The van der Waals surface area contributed by atoms with E-state index in [0.29, 0.717) is 6.54 Å². The predicted octanol–water partition coefficient (Wildman–Crippen LogP) is 0.923. The van der Waals surface area contributed by atoms with Gasteiger partial charge in [0, 0.05) is 32.5 Å². The fourth-order valence-electron chi connectivity index (χ4n) is 1.77. The molecule has 0 saturated heterocycles. The number of hydrogen-bond acceptors (Lipinski definition) is 4. The SMILES string of the molecule is CC(C)(CO)CC(=O)NCCC(=O)NCc1ccc(O)cc1. The zero-order valence-electron chi connectivity index (χ0n) is 13.1. The van der Waals surface area contributed by atoms with Crippen LogP contribution in [0.5, 0.6) is 5.75 Å². The number of benzene rings is 1. The van der Waals surface area contributed by atoms with E-state index in [1.54, 1.807) is 38.1 Å². The highest BCUT2D eigenvalue weighted by Crippen LogP contribution is 2.18. The molecule has 1 aromatic rings. The summed E-state index contributed by atoms with van der Waals surface area (Å²) in [6.07, 6.45) is 0.419. The Morgan fingerprint density at radius 1 is 1.09 bits per heavy atom. The van der Waals surface area contributed by atoms with Gasteiger partial charge < -0.3 is 20.8 Å². The monoisotopic (exact) mass is 308 g/mol. The summed E-state index contributed by atoms with van der Waals surface area (Å²) in [6.45, 7) is 4.19. The van der Waals surface area contributed by atoms with Gasteiger partial charge in [0.1, 0.15) is 5.75 Å². The fourth-order valence-corrected chi connectivity index (χ4v) is 1.77. The minimum atomic E-state index is -0.453. The second-order valence-electron chi connectivity index (χ2n) is 6.04. The smallest absolute Gasteiger partial charge is 0.222 e. The summed E-state index contributed by atoms with van der Waals surface area (Å²) in [4.78, 5) is 23.3. The molecule has 0 aromatic heterocycles. The Balaban J connectivity index is 2.20. The van der Waals surface area contributed by atoms with Gasteiger partial charge in [-0.25, -0.2) is 0 Å². The topological polar surface area (TPSA) is 98.7 Å². The summed E-state index contributed by atoms with van der Waals surface area (Å²) in [5, 5.41) is 23.7. The minimum Gasteiger partial charge on any atom is -0.508 e. The number of aliphatic hydroxyl groups excluding tert-OH is 1. The molecule has 22 heavy (non-hydrogen) atoms. The lowest BCUT2D eigenvalue weighted by molar-refractivity contribution is -0.124. The molecule has 4 N–H and O–H groups in total. The highest BCUT2D eigenvalue weighted by molar-refractivity contribution is 5.79. The standard InChI is InChI=1S/C16H24N2O4/c1-16(2,11-19)9-15(22)17-8-7-14(21)18-10-12-3-5-13(20)6-4-12/h3-6,19-20H,7-11H2,1-2H3,(H,17,22)(H,18,21). The molecule has 0 fully saturated rings. The van der Waals surface area contributed by atoms with Gasteiger partial charge >= 0.3 is 0 Å². The Labute approximate surface area is 130 Å². The van der Waals surface area contributed by atoms with E-state index in [1.807, 2.05) is 0 Å². The Hall–Kier alpha value is -2.08. The van der Waals surface area contributed by atoms with Crippen LogP contribution in [0.3, 0.4) is 0 Å². The first kappa shape index (κ1) is 18.0. The van der Waals surface area contributed by atoms with Gasteiger partial charge in [0.25, 0.3) is 0 Å². The molecule has 0 aliphatic carbocycles. The van der Waals surface area contributed by atoms with Crippen molar-refractivity contribution in [1.29, 1.82) is 0 Å². The average Bonchev–Trinajstić information content (AvgIpc) is 2.46. The van der Waals surface area contributed by atoms with Crippen molar-refractivity contribution in [1.82, 2.24) is 10.6 Å². The van der Waals surface area contributed by atoms with Crippen molar-refractivity contribution >= 4 is 11.8 Å². The molecule has 0 radical (unpaired) electrons. The molecule has 0 bridgehead atoms. The zero-order chi connectivity index (χ0) is 16.6. The molecular formula is C16H24N2O4. The molecule has 0 saturated carbocycles. The molecule has 0 unspecified atom stereocenters. The van der Waals surface area contributed by atoms with Crippen molar-refractivity contribution in [2.75, 3.05) is 13.2 Å². The first-order valence-corrected chi connectivity index (χ1v) is 7.24. The number of amides is 2. The number of aromatic hydroxyl groups is 1. The lowest BCUT2D eigenvalue weighted by atomic mass is 9.90. The lowest BCUT2D eigenvalue weighted by Gasteiger charge is -2.20. The lowest BCUT2D eigenvalue weighted by Crippen LogP contribution is -2.33. The molecule has 0 heterocycles. The van der Waals surface area contributed by atoms with E-state index in [2.05, 4.69) is 10.6 Å². The van der Waals surface area contributed by atoms with Crippen LogP contribution >= 0.6 is 0 Å². The van der Waals surface area contributed by atoms with E-state index < -0.39 is 5.41 Å². The van der Waals surface area contributed by atoms with Gasteiger partial charge in [-0.05, 0) is 23.1 Å². The fraction of sp³-hybridized carbons (Fsp3) is 0.500. The maximum Gasteiger partial charge on any atom is 0.222 e. The van der Waals surface area contributed by atoms with E-state index in [0.717, 1.165) is 5.56 Å². The van der Waals surface area contributed by atoms with Crippen molar-refractivity contribution in [2.45, 2.75) is 33.2 Å². The molecule has 1 aromatic carbocycles. The second-order valence-corrected chi connectivity index (χ2v) is 6.04. The second kappa shape index (κ2) is 8.38. The summed E-state index contributed by atoms with van der Waals surface area (Å²) < 4.78 is 0. The maximum absolute atomic E-state index is 11.7. The van der Waals surface area contributed by atoms with Crippen LogP contribution in [0.1, 0.15) is 32.3 Å². The molecule has 0 spiro atoms. The van der Waals surface area contributed by atoms with Crippen LogP contribution in [-0.4, -0.2) is 35.2 Å². The molecule has 0 aliphatic heterocycles. The summed E-state index contributed by atoms with van der Waals surface area (Å²) in [5.41, 5.74) is 0.436. The van der Waals surface area contributed by atoms with Crippen LogP contribution in [0.15, 0.2) is 24.3 Å². The maximum atomic E-state index is 11.7. The van der Waals surface area contributed by atoms with Crippen LogP contribution < -0.4 is 10.6 Å². The first-order valence-electron chi connectivity index (χ1n) is 7.24. The van der Waals surface area contributed by atoms with Crippen LogP contribution in [0.4, 0.5) is 0 Å². The number of rotatable bonds is 8. The largest absolute Gasteiger partial charge is 0.508 e. The number of nitrogens with one attached hydrogen (secondary N) is 2. The molecule has 0 atom stereocenters. The van der Waals surface area contributed by atoms with E-state index in [4.69, 9.17) is 10.2 Å². The van der Waals surface area contributed by atoms with Crippen LogP contribution in [0.25, 0.3) is 0 Å². The molecule has 122 valence electrons. The average molecular weight is 308 g/mol. The third-order valence-corrected chi connectivity index (χ3v) is 3.17. The zero-order valence-corrected chi connectivity index (χ0v) is 13.1. The van der Waals surface area contributed by atoms with Crippen LogP contribution in [-0.2, 0) is 16.1 Å². The van der Waals surface area contributed by atoms with Gasteiger partial charge in [-0.3, -0.25) is 9.59 Å². The van der Waals surface area contributed by atoms with Gasteiger partial charge in [-0.2, -0.15) is 0 Å². The molecule has 2 amide bonds. The Kier molecular flexibility index (Phi) is 6.85. The van der Waals surface area contributed by atoms with Gasteiger partial charge in [0.05, 0.1) is 0 Å². The van der Waals surface area contributed by atoms with E-state index in [1.165, 1.54) is 0 Å². The number of phenols is 1. The highest BCUT2D eigenvalue weighted by Gasteiger charge is 2.20. The van der Waals surface area contributed by atoms with Crippen molar-refractivity contribution in [2.24, 2.45) is 5.41 Å². The van der Waals surface area contributed by atoms with E-state index >= 15 is 0 Å². The number of carbonyl (C=O) groups excluding carboxylic acids is 2. The van der Waals surface area contributed by atoms with Crippen molar-refractivity contribution in [3.8, 4) is 5.75 Å². The quantitative estimate of drug-likeness (QED) is 0.574. The summed E-state index contributed by atoms with van der Waals surface area (Å²) >= 11 is 0. The third-order valence-electron chi connectivity index (χ3n) is 3.17. The molecular weight excluding hydrogens is 284 g/mol. The molecule has 1 rings (SSSR count). The minimum absolute atomic E-state index is 0.0620. The normalized spacial score (nSPS) is 11.0. The summed E-state index contributed by atoms with van der Waals surface area (Å²) in [7, 11) is 0. The number of phenolic OH excluding ortho intramolecular Hbond substituents is 1. The number of aliphatic hydroxyl groups is 1. The van der Waals surface area contributed by atoms with Gasteiger partial charge in [-0.1, -0.05) is 26.0 Å². The first-order chi connectivity index (χ1) is 10.3. The predicted molar refractivity (Wildman–Crippen MR) is 83.1 cm³/mol. The molecule has 6 nitrogen and oxygen atoms in total. The van der Waals surface area contributed by atoms with Crippen molar-refractivity contribution in [3.05, 3.63) is 29.8 Å². The number of hydrogen-bond donors (Lipinski definition) is 4. The van der Waals surface area contributed by atoms with Gasteiger partial charge in [0.15, 0.2) is 0 Å². The van der Waals surface area contributed by atoms with E-state index in [-0.39, 0.29) is 43.6 Å². The Morgan fingerprint density at radius 3 is 2.32 bits per heavy atom. The summed E-state index contributed by atoms with van der Waals surface area (Å²) in [6, 6.07) is 6.58. The molecule has 0 aliphatic rings. The van der Waals surface area contributed by atoms with Crippen LogP contribution in [0, 0.1) is 5.41 Å². The summed E-state index contributed by atoms with van der Waals surface area (Å²) in [5.74, 6) is -0.149. The van der Waals surface area contributed by atoms with Crippen molar-refractivity contribution < 1.29 is 19.8 Å².